The average molecular weight is 348 g/mol. The van der Waals surface area contributed by atoms with Gasteiger partial charge in [0.05, 0.1) is 0 Å². The van der Waals surface area contributed by atoms with Crippen LogP contribution in [0.15, 0.2) is 55.1 Å². The number of carboxylic acid groups (broad SMARTS) is 1. The van der Waals surface area contributed by atoms with Crippen LogP contribution in [0.25, 0.3) is 17.2 Å². The third-order valence-corrected chi connectivity index (χ3v) is 3.55. The molecule has 2 rings (SSSR count). The molecule has 0 bridgehead atoms. The topological polar surface area (TPSA) is 57.5 Å². The Hall–Kier alpha value is -3.02. The molecule has 0 atom stereocenters. The number of phenols is 1. The first-order chi connectivity index (χ1) is 11.7. The highest BCUT2D eigenvalue weighted by Gasteiger charge is 2.37. The van der Waals surface area contributed by atoms with Crippen LogP contribution in [-0.4, -0.2) is 16.2 Å². The fourth-order valence-corrected chi connectivity index (χ4v) is 2.45. The van der Waals surface area contributed by atoms with Gasteiger partial charge in [-0.05, 0) is 29.2 Å². The summed E-state index contributed by atoms with van der Waals surface area (Å²) >= 11 is 0. The summed E-state index contributed by atoms with van der Waals surface area (Å²) in [5, 5.41) is 18.8. The van der Waals surface area contributed by atoms with Crippen molar-refractivity contribution in [2.75, 3.05) is 0 Å². The summed E-state index contributed by atoms with van der Waals surface area (Å²) in [5.41, 5.74) is -0.107. The largest absolute Gasteiger partial charge is 0.507 e. The first kappa shape index (κ1) is 18.3. The van der Waals surface area contributed by atoms with Gasteiger partial charge in [-0.2, -0.15) is 13.2 Å². The van der Waals surface area contributed by atoms with Crippen LogP contribution in [0.1, 0.15) is 16.7 Å². The number of halogens is 3. The first-order valence-electron chi connectivity index (χ1n) is 7.28. The minimum absolute atomic E-state index is 0.0123. The number of allylic oxidation sites excluding steroid dienone is 1. The molecule has 0 aromatic heterocycles. The van der Waals surface area contributed by atoms with Crippen molar-refractivity contribution in [3.05, 3.63) is 71.8 Å². The highest BCUT2D eigenvalue weighted by Crippen LogP contribution is 2.43. The molecule has 0 fully saturated rings. The second-order valence-electron chi connectivity index (χ2n) is 5.28. The van der Waals surface area contributed by atoms with Crippen LogP contribution in [0.4, 0.5) is 13.2 Å². The van der Waals surface area contributed by atoms with Crippen molar-refractivity contribution in [3.8, 4) is 16.9 Å². The van der Waals surface area contributed by atoms with E-state index in [2.05, 4.69) is 6.58 Å². The number of carboxylic acids is 1. The molecule has 0 spiro atoms. The second kappa shape index (κ2) is 7.25. The Morgan fingerprint density at radius 3 is 2.28 bits per heavy atom. The quantitative estimate of drug-likeness (QED) is 0.597. The Morgan fingerprint density at radius 2 is 1.76 bits per heavy atom. The summed E-state index contributed by atoms with van der Waals surface area (Å²) < 4.78 is 39.9. The van der Waals surface area contributed by atoms with Crippen molar-refractivity contribution in [1.29, 1.82) is 0 Å². The van der Waals surface area contributed by atoms with Crippen LogP contribution in [0.2, 0.25) is 0 Å². The third-order valence-electron chi connectivity index (χ3n) is 3.55. The van der Waals surface area contributed by atoms with Crippen molar-refractivity contribution in [2.24, 2.45) is 0 Å². The number of phenolic OH excluding ortho intramolecular Hbond substituents is 1. The van der Waals surface area contributed by atoms with Gasteiger partial charge in [0.1, 0.15) is 11.3 Å². The van der Waals surface area contributed by atoms with E-state index in [0.717, 1.165) is 6.08 Å². The van der Waals surface area contributed by atoms with Gasteiger partial charge >= 0.3 is 12.1 Å². The van der Waals surface area contributed by atoms with Gasteiger partial charge in [0.15, 0.2) is 0 Å². The van der Waals surface area contributed by atoms with E-state index >= 15 is 0 Å². The summed E-state index contributed by atoms with van der Waals surface area (Å²) in [6, 6.07) is 8.88. The van der Waals surface area contributed by atoms with E-state index in [-0.39, 0.29) is 17.5 Å². The normalized spacial score (nSPS) is 11.6. The molecule has 0 radical (unpaired) electrons. The van der Waals surface area contributed by atoms with E-state index in [4.69, 9.17) is 5.11 Å². The van der Waals surface area contributed by atoms with Gasteiger partial charge in [-0.3, -0.25) is 0 Å². The molecule has 6 heteroatoms. The van der Waals surface area contributed by atoms with Crippen molar-refractivity contribution in [1.82, 2.24) is 0 Å². The van der Waals surface area contributed by atoms with Crippen LogP contribution in [0.3, 0.4) is 0 Å². The molecule has 0 saturated carbocycles. The lowest BCUT2D eigenvalue weighted by Gasteiger charge is -2.17. The van der Waals surface area contributed by atoms with Gasteiger partial charge in [-0.1, -0.05) is 42.5 Å². The minimum Gasteiger partial charge on any atom is -0.507 e. The molecule has 0 aliphatic heterocycles. The molecule has 130 valence electrons. The van der Waals surface area contributed by atoms with E-state index in [1.54, 1.807) is 12.1 Å². The van der Waals surface area contributed by atoms with E-state index in [1.165, 1.54) is 36.4 Å². The zero-order chi connectivity index (χ0) is 18.6. The summed E-state index contributed by atoms with van der Waals surface area (Å²) in [4.78, 5) is 10.5. The van der Waals surface area contributed by atoms with Crippen LogP contribution in [0.5, 0.6) is 5.75 Å². The predicted octanol–water partition coefficient (Wildman–Crippen LogP) is 4.90. The van der Waals surface area contributed by atoms with Crippen molar-refractivity contribution in [2.45, 2.75) is 12.6 Å². The summed E-state index contributed by atoms with van der Waals surface area (Å²) in [7, 11) is 0. The van der Waals surface area contributed by atoms with Crippen LogP contribution in [-0.2, 0) is 17.4 Å². The van der Waals surface area contributed by atoms with Crippen LogP contribution >= 0.6 is 0 Å². The van der Waals surface area contributed by atoms with Gasteiger partial charge in [-0.25, -0.2) is 4.79 Å². The Bertz CT molecular complexity index is 819. The highest BCUT2D eigenvalue weighted by atomic mass is 19.4. The molecule has 0 heterocycles. The average Bonchev–Trinajstić information content (AvgIpc) is 2.53. The van der Waals surface area contributed by atoms with E-state index < -0.39 is 23.5 Å². The summed E-state index contributed by atoms with van der Waals surface area (Å²) in [6.07, 6.45) is -1.05. The third kappa shape index (κ3) is 4.29. The van der Waals surface area contributed by atoms with E-state index in [0.29, 0.717) is 11.1 Å². The molecular weight excluding hydrogens is 333 g/mol. The van der Waals surface area contributed by atoms with Crippen molar-refractivity contribution in [3.63, 3.8) is 0 Å². The molecule has 2 N–H and O–H groups in total. The molecule has 2 aromatic rings. The number of aliphatic carboxylic acids is 1. The predicted molar refractivity (Wildman–Crippen MR) is 89.1 cm³/mol. The van der Waals surface area contributed by atoms with Gasteiger partial charge < -0.3 is 10.2 Å². The molecule has 0 aliphatic carbocycles. The molecular formula is C19H15F3O3. The highest BCUT2D eigenvalue weighted by molar-refractivity contribution is 5.85. The van der Waals surface area contributed by atoms with Gasteiger partial charge in [0.2, 0.25) is 0 Å². The monoisotopic (exact) mass is 348 g/mol. The van der Waals surface area contributed by atoms with Gasteiger partial charge in [-0.15, -0.1) is 6.58 Å². The van der Waals surface area contributed by atoms with Gasteiger partial charge in [0, 0.05) is 11.6 Å². The smallest absolute Gasteiger partial charge is 0.420 e. The number of alkyl halides is 3. The maximum Gasteiger partial charge on any atom is 0.420 e. The molecule has 3 nitrogen and oxygen atoms in total. The zero-order valence-corrected chi connectivity index (χ0v) is 13.0. The second-order valence-corrected chi connectivity index (χ2v) is 5.28. The Kier molecular flexibility index (Phi) is 5.32. The Morgan fingerprint density at radius 1 is 1.12 bits per heavy atom. The number of carbonyl (C=O) groups is 1. The molecule has 0 amide bonds. The molecule has 0 saturated heterocycles. The number of hydrogen-bond donors (Lipinski definition) is 2. The minimum atomic E-state index is -4.69. The lowest BCUT2D eigenvalue weighted by Crippen LogP contribution is -2.10. The number of hydrogen-bond acceptors (Lipinski definition) is 2. The molecule has 0 unspecified atom stereocenters. The van der Waals surface area contributed by atoms with E-state index in [9.17, 15) is 23.1 Å². The number of rotatable bonds is 5. The number of benzene rings is 2. The zero-order valence-electron chi connectivity index (χ0n) is 13.0. The van der Waals surface area contributed by atoms with Crippen LogP contribution < -0.4 is 0 Å². The molecule has 0 aliphatic rings. The molecule has 2 aromatic carbocycles. The summed E-state index contributed by atoms with van der Waals surface area (Å²) in [6.45, 7) is 3.43. The number of aromatic hydroxyl groups is 1. The lowest BCUT2D eigenvalue weighted by molar-refractivity contribution is -0.139. The van der Waals surface area contributed by atoms with Crippen LogP contribution in [0, 0.1) is 0 Å². The fraction of sp³-hybridized carbons (Fsp3) is 0.105. The van der Waals surface area contributed by atoms with Crippen molar-refractivity contribution < 1.29 is 28.2 Å². The maximum atomic E-state index is 13.3. The Labute approximate surface area is 142 Å². The Balaban J connectivity index is 2.49. The SMILES string of the molecule is C=CCc1ccc(-c2ccc(/C=C/C(=O)O)cc2)c(O)c1C(F)(F)F. The fourth-order valence-electron chi connectivity index (χ4n) is 2.45. The standard InChI is InChI=1S/C19H15F3O3/c1-2-3-14-9-10-15(18(25)17(14)19(20,21)22)13-7-4-12(5-8-13)6-11-16(23)24/h2,4-11,25H,1,3H2,(H,23,24)/b11-6+. The molecule has 25 heavy (non-hydrogen) atoms. The van der Waals surface area contributed by atoms with Crippen molar-refractivity contribution >= 4 is 12.0 Å². The van der Waals surface area contributed by atoms with Gasteiger partial charge in [0.25, 0.3) is 0 Å². The lowest BCUT2D eigenvalue weighted by atomic mass is 9.95. The first-order valence-corrected chi connectivity index (χ1v) is 7.28. The van der Waals surface area contributed by atoms with E-state index in [1.807, 2.05) is 0 Å². The summed E-state index contributed by atoms with van der Waals surface area (Å²) in [5.74, 6) is -1.94. The maximum absolute atomic E-state index is 13.3.